The third-order valence-corrected chi connectivity index (χ3v) is 6.68. The van der Waals surface area contributed by atoms with Crippen molar-refractivity contribution in [3.8, 4) is 0 Å². The molecule has 0 fully saturated rings. The molecule has 0 atom stereocenters. The molecule has 9 heteroatoms. The molecule has 0 unspecified atom stereocenters. The summed E-state index contributed by atoms with van der Waals surface area (Å²) in [6.07, 6.45) is 1.48. The van der Waals surface area contributed by atoms with Crippen LogP contribution in [0.2, 0.25) is 10.0 Å². The Bertz CT molecular complexity index is 1200. The van der Waals surface area contributed by atoms with E-state index in [0.29, 0.717) is 18.5 Å². The molecule has 0 aliphatic rings. The van der Waals surface area contributed by atoms with Crippen molar-refractivity contribution in [3.05, 3.63) is 64.3 Å². The van der Waals surface area contributed by atoms with Crippen LogP contribution in [-0.4, -0.2) is 30.6 Å². The molecular formula is C21H22Cl2N2O4S. The van der Waals surface area contributed by atoms with Crippen LogP contribution in [0.4, 0.5) is 4.79 Å². The molecule has 1 heterocycles. The highest BCUT2D eigenvalue weighted by atomic mass is 35.5. The zero-order valence-corrected chi connectivity index (χ0v) is 19.1. The van der Waals surface area contributed by atoms with Gasteiger partial charge < -0.3 is 10.1 Å². The topological polar surface area (TPSA) is 77.4 Å². The SMILES string of the molecule is CC(C)(C)OC(=O)NCCc1cn(S(=O)(=O)c2ccc(Cl)c(Cl)c2)c2ccccc12. The average Bonchev–Trinajstić information content (AvgIpc) is 3.02. The number of rotatable bonds is 5. The van der Waals surface area contributed by atoms with Crippen molar-refractivity contribution in [2.24, 2.45) is 0 Å². The Morgan fingerprint density at radius 3 is 2.47 bits per heavy atom. The number of carbonyl (C=O) groups is 1. The van der Waals surface area contributed by atoms with Crippen LogP contribution in [0.1, 0.15) is 26.3 Å². The Hall–Kier alpha value is -2.22. The minimum absolute atomic E-state index is 0.0380. The molecule has 0 bridgehead atoms. The van der Waals surface area contributed by atoms with E-state index in [9.17, 15) is 13.2 Å². The molecule has 0 spiro atoms. The number of halogens is 2. The van der Waals surface area contributed by atoms with Gasteiger partial charge in [0.15, 0.2) is 0 Å². The summed E-state index contributed by atoms with van der Waals surface area (Å²) in [4.78, 5) is 11.9. The third kappa shape index (κ3) is 4.91. The Morgan fingerprint density at radius 2 is 1.80 bits per heavy atom. The first kappa shape index (κ1) is 22.5. The van der Waals surface area contributed by atoms with E-state index in [-0.39, 0.29) is 14.9 Å². The summed E-state index contributed by atoms with van der Waals surface area (Å²) in [5, 5.41) is 3.92. The van der Waals surface area contributed by atoms with Gasteiger partial charge in [0.2, 0.25) is 0 Å². The van der Waals surface area contributed by atoms with Gasteiger partial charge in [0.1, 0.15) is 5.60 Å². The minimum atomic E-state index is -3.89. The Labute approximate surface area is 185 Å². The van der Waals surface area contributed by atoms with E-state index in [0.717, 1.165) is 10.9 Å². The fourth-order valence-corrected chi connectivity index (χ4v) is 4.76. The maximum absolute atomic E-state index is 13.2. The van der Waals surface area contributed by atoms with Crippen LogP contribution in [0.15, 0.2) is 53.6 Å². The first-order valence-corrected chi connectivity index (χ1v) is 11.4. The number of para-hydroxylation sites is 1. The van der Waals surface area contributed by atoms with E-state index < -0.39 is 21.7 Å². The molecule has 30 heavy (non-hydrogen) atoms. The first-order valence-electron chi connectivity index (χ1n) is 9.25. The number of hydrogen-bond acceptors (Lipinski definition) is 4. The van der Waals surface area contributed by atoms with Crippen molar-refractivity contribution in [2.45, 2.75) is 37.7 Å². The van der Waals surface area contributed by atoms with Gasteiger partial charge in [-0.2, -0.15) is 0 Å². The molecule has 1 N–H and O–H groups in total. The molecule has 2 aromatic carbocycles. The summed E-state index contributed by atoms with van der Waals surface area (Å²) in [5.41, 5.74) is 0.731. The molecule has 160 valence electrons. The van der Waals surface area contributed by atoms with E-state index in [1.165, 1.54) is 22.2 Å². The van der Waals surface area contributed by atoms with Crippen LogP contribution in [-0.2, 0) is 21.2 Å². The summed E-state index contributed by atoms with van der Waals surface area (Å²) in [6, 6.07) is 11.4. The summed E-state index contributed by atoms with van der Waals surface area (Å²) < 4.78 is 32.9. The Kier molecular flexibility index (Phi) is 6.36. The number of alkyl carbamates (subject to hydrolysis) is 1. The van der Waals surface area contributed by atoms with Gasteiger partial charge in [-0.25, -0.2) is 17.2 Å². The fraction of sp³-hybridized carbons (Fsp3) is 0.286. The van der Waals surface area contributed by atoms with Gasteiger partial charge in [0.05, 0.1) is 20.5 Å². The zero-order valence-electron chi connectivity index (χ0n) is 16.8. The lowest BCUT2D eigenvalue weighted by Crippen LogP contribution is -2.33. The number of ether oxygens (including phenoxy) is 1. The lowest BCUT2D eigenvalue weighted by Gasteiger charge is -2.19. The van der Waals surface area contributed by atoms with Gasteiger partial charge in [-0.3, -0.25) is 0 Å². The maximum Gasteiger partial charge on any atom is 0.407 e. The van der Waals surface area contributed by atoms with Crippen LogP contribution >= 0.6 is 23.2 Å². The van der Waals surface area contributed by atoms with E-state index in [2.05, 4.69) is 5.32 Å². The number of aromatic nitrogens is 1. The number of amides is 1. The standard InChI is InChI=1S/C21H22Cl2N2O4S/c1-21(2,3)29-20(26)24-11-10-14-13-25(19-7-5-4-6-16(14)19)30(27,28)15-8-9-17(22)18(23)12-15/h4-9,12-13H,10-11H2,1-3H3,(H,24,26). The highest BCUT2D eigenvalue weighted by molar-refractivity contribution is 7.90. The van der Waals surface area contributed by atoms with E-state index in [1.807, 2.05) is 12.1 Å². The second-order valence-corrected chi connectivity index (χ2v) is 10.4. The average molecular weight is 469 g/mol. The van der Waals surface area contributed by atoms with Crippen molar-refractivity contribution >= 4 is 50.2 Å². The van der Waals surface area contributed by atoms with Crippen LogP contribution in [0.5, 0.6) is 0 Å². The molecular weight excluding hydrogens is 447 g/mol. The van der Waals surface area contributed by atoms with Gasteiger partial charge in [0.25, 0.3) is 10.0 Å². The second-order valence-electron chi connectivity index (χ2n) is 7.73. The quantitative estimate of drug-likeness (QED) is 0.554. The summed E-state index contributed by atoms with van der Waals surface area (Å²) in [6.45, 7) is 5.66. The summed E-state index contributed by atoms with van der Waals surface area (Å²) >= 11 is 11.9. The van der Waals surface area contributed by atoms with Crippen LogP contribution in [0.25, 0.3) is 10.9 Å². The second kappa shape index (κ2) is 8.49. The highest BCUT2D eigenvalue weighted by Crippen LogP contribution is 2.29. The predicted molar refractivity (Wildman–Crippen MR) is 119 cm³/mol. The molecule has 6 nitrogen and oxygen atoms in total. The van der Waals surface area contributed by atoms with Gasteiger partial charge >= 0.3 is 6.09 Å². The Morgan fingerprint density at radius 1 is 1.10 bits per heavy atom. The van der Waals surface area contributed by atoms with Crippen LogP contribution in [0, 0.1) is 0 Å². The van der Waals surface area contributed by atoms with Gasteiger partial charge in [-0.15, -0.1) is 0 Å². The smallest absolute Gasteiger partial charge is 0.407 e. The number of benzene rings is 2. The molecule has 1 aromatic heterocycles. The van der Waals surface area contributed by atoms with E-state index in [1.54, 1.807) is 39.1 Å². The summed E-state index contributed by atoms with van der Waals surface area (Å²) in [7, 11) is -3.89. The maximum atomic E-state index is 13.2. The number of nitrogens with one attached hydrogen (secondary N) is 1. The molecule has 0 aliphatic carbocycles. The number of hydrogen-bond donors (Lipinski definition) is 1. The fourth-order valence-electron chi connectivity index (χ4n) is 2.98. The van der Waals surface area contributed by atoms with Crippen molar-refractivity contribution in [3.63, 3.8) is 0 Å². The van der Waals surface area contributed by atoms with Crippen LogP contribution < -0.4 is 5.32 Å². The van der Waals surface area contributed by atoms with Crippen molar-refractivity contribution in [1.82, 2.24) is 9.29 Å². The largest absolute Gasteiger partial charge is 0.444 e. The molecule has 1 amide bonds. The number of fused-ring (bicyclic) bond motifs is 1. The van der Waals surface area contributed by atoms with Crippen LogP contribution in [0.3, 0.4) is 0 Å². The molecule has 0 saturated heterocycles. The van der Waals surface area contributed by atoms with Crippen molar-refractivity contribution in [1.29, 1.82) is 0 Å². The van der Waals surface area contributed by atoms with E-state index in [4.69, 9.17) is 27.9 Å². The lowest BCUT2D eigenvalue weighted by molar-refractivity contribution is 0.0528. The predicted octanol–water partition coefficient (Wildman–Crippen LogP) is 5.25. The van der Waals surface area contributed by atoms with Crippen molar-refractivity contribution < 1.29 is 17.9 Å². The lowest BCUT2D eigenvalue weighted by atomic mass is 10.1. The third-order valence-electron chi connectivity index (χ3n) is 4.27. The zero-order chi connectivity index (χ0) is 22.1. The van der Waals surface area contributed by atoms with Gasteiger partial charge in [-0.05, 0) is 57.0 Å². The molecule has 0 saturated carbocycles. The van der Waals surface area contributed by atoms with E-state index >= 15 is 0 Å². The molecule has 3 aromatic rings. The number of carbonyl (C=O) groups excluding carboxylic acids is 1. The minimum Gasteiger partial charge on any atom is -0.444 e. The Balaban J connectivity index is 1.90. The first-order chi connectivity index (χ1) is 14.0. The molecule has 0 aliphatic heterocycles. The summed E-state index contributed by atoms with van der Waals surface area (Å²) in [5.74, 6) is 0. The van der Waals surface area contributed by atoms with Crippen molar-refractivity contribution in [2.75, 3.05) is 6.54 Å². The molecule has 3 rings (SSSR count). The monoisotopic (exact) mass is 468 g/mol. The number of nitrogens with zero attached hydrogens (tertiary/aromatic N) is 1. The normalized spacial score (nSPS) is 12.2. The van der Waals surface area contributed by atoms with Gasteiger partial charge in [-0.1, -0.05) is 41.4 Å². The van der Waals surface area contributed by atoms with Gasteiger partial charge in [0, 0.05) is 18.1 Å². The molecule has 0 radical (unpaired) electrons. The highest BCUT2D eigenvalue weighted by Gasteiger charge is 2.22.